The summed E-state index contributed by atoms with van der Waals surface area (Å²) in [6.45, 7) is 0.797. The maximum Gasteiger partial charge on any atom is 0.192 e. The molecule has 0 unspecified atom stereocenters. The molecule has 0 rings (SSSR count). The lowest BCUT2D eigenvalue weighted by Gasteiger charge is -1.97. The molecule has 0 fully saturated rings. The molecule has 0 spiro atoms. The number of carbonyl (C=O) groups is 1. The molecule has 0 heterocycles. The molecule has 3 heteroatoms. The Kier molecular flexibility index (Phi) is 8.73. The number of nitrogens with two attached hydrogens (primary N) is 1. The highest BCUT2D eigenvalue weighted by Crippen LogP contribution is 2.06. The summed E-state index contributed by atoms with van der Waals surface area (Å²) in [5.74, 6) is 0. The largest absolute Gasteiger partial charge is 0.330 e. The van der Waals surface area contributed by atoms with Crippen LogP contribution in [0.3, 0.4) is 0 Å². The molecule has 0 aromatic rings. The summed E-state index contributed by atoms with van der Waals surface area (Å²) in [7, 11) is 0. The van der Waals surface area contributed by atoms with Crippen molar-refractivity contribution >= 4 is 26.4 Å². The minimum Gasteiger partial charge on any atom is -0.330 e. The summed E-state index contributed by atoms with van der Waals surface area (Å²) in [4.78, 5) is 10.5. The van der Waals surface area contributed by atoms with Crippen molar-refractivity contribution in [2.75, 3.05) is 6.54 Å². The average molecular weight is 269 g/mol. The van der Waals surface area contributed by atoms with E-state index in [0.717, 1.165) is 25.8 Å². The van der Waals surface area contributed by atoms with Gasteiger partial charge in [-0.05, 0) is 42.0 Å². The van der Waals surface area contributed by atoms with Crippen molar-refractivity contribution in [2.45, 2.75) is 38.5 Å². The molecule has 2 nitrogen and oxygen atoms in total. The van der Waals surface area contributed by atoms with Crippen LogP contribution in [0, 0.1) is 0 Å². The van der Waals surface area contributed by atoms with E-state index in [2.05, 4.69) is 0 Å². The first-order chi connectivity index (χ1) is 5.27. The van der Waals surface area contributed by atoms with Gasteiger partial charge in [0.2, 0.25) is 0 Å². The molecule has 2 N–H and O–H groups in total. The van der Waals surface area contributed by atoms with E-state index in [-0.39, 0.29) is 3.79 Å². The van der Waals surface area contributed by atoms with Crippen LogP contribution in [-0.4, -0.2) is 10.3 Å². The molecule has 0 bridgehead atoms. The molecule has 0 saturated carbocycles. The summed E-state index contributed by atoms with van der Waals surface area (Å²) >= 11 is 1.85. The zero-order valence-electron chi connectivity index (χ0n) is 6.81. The molecule has 0 atom stereocenters. The molecular formula is C8H16INO. The molecule has 0 amide bonds. The molecule has 66 valence electrons. The molecule has 0 saturated heterocycles. The number of unbranched alkanes of at least 4 members (excludes halogenated alkanes) is 4. The van der Waals surface area contributed by atoms with Crippen LogP contribution >= 0.6 is 22.6 Å². The fourth-order valence-corrected chi connectivity index (χ4v) is 1.32. The molecular weight excluding hydrogens is 253 g/mol. The Bertz CT molecular complexity index is 106. The quantitative estimate of drug-likeness (QED) is 0.437. The molecule has 11 heavy (non-hydrogen) atoms. The van der Waals surface area contributed by atoms with E-state index in [1.54, 1.807) is 0 Å². The van der Waals surface area contributed by atoms with Crippen LogP contribution in [-0.2, 0) is 4.79 Å². The smallest absolute Gasteiger partial charge is 0.192 e. The molecule has 0 aliphatic rings. The summed E-state index contributed by atoms with van der Waals surface area (Å²) < 4.78 is 0.279. The Morgan fingerprint density at radius 1 is 1.09 bits per heavy atom. The third kappa shape index (κ3) is 10.4. The predicted octanol–water partition coefficient (Wildman–Crippen LogP) is 2.25. The Labute approximate surface area is 82.1 Å². The standard InChI is InChI=1S/C8H16INO/c9-8(11)6-4-2-1-3-5-7-10/h1-7,10H2. The normalized spacial score (nSPS) is 10.0. The van der Waals surface area contributed by atoms with Crippen molar-refractivity contribution in [2.24, 2.45) is 5.73 Å². The van der Waals surface area contributed by atoms with Crippen LogP contribution in [0.15, 0.2) is 0 Å². The van der Waals surface area contributed by atoms with Gasteiger partial charge in [-0.25, -0.2) is 0 Å². The molecule has 0 aliphatic heterocycles. The number of hydrogen-bond donors (Lipinski definition) is 1. The van der Waals surface area contributed by atoms with Gasteiger partial charge in [0.25, 0.3) is 0 Å². The van der Waals surface area contributed by atoms with Crippen LogP contribution in [0.5, 0.6) is 0 Å². The van der Waals surface area contributed by atoms with Gasteiger partial charge in [0.05, 0.1) is 0 Å². The fourth-order valence-electron chi connectivity index (χ4n) is 0.939. The maximum absolute atomic E-state index is 10.5. The first kappa shape index (κ1) is 11.4. The van der Waals surface area contributed by atoms with Gasteiger partial charge < -0.3 is 5.73 Å². The summed E-state index contributed by atoms with van der Waals surface area (Å²) in [6, 6.07) is 0. The zero-order valence-corrected chi connectivity index (χ0v) is 8.97. The van der Waals surface area contributed by atoms with Crippen molar-refractivity contribution in [1.82, 2.24) is 0 Å². The number of halogens is 1. The highest BCUT2D eigenvalue weighted by molar-refractivity contribution is 14.1. The lowest BCUT2D eigenvalue weighted by molar-refractivity contribution is -0.109. The predicted molar refractivity (Wildman–Crippen MR) is 55.8 cm³/mol. The summed E-state index contributed by atoms with van der Waals surface area (Å²) in [6.07, 6.45) is 6.52. The zero-order chi connectivity index (χ0) is 8.53. The minimum atomic E-state index is 0.279. The Morgan fingerprint density at radius 3 is 2.18 bits per heavy atom. The van der Waals surface area contributed by atoms with Gasteiger partial charge in [-0.3, -0.25) is 4.79 Å². The van der Waals surface area contributed by atoms with Crippen molar-refractivity contribution in [3.05, 3.63) is 0 Å². The van der Waals surface area contributed by atoms with Gasteiger partial charge in [-0.1, -0.05) is 19.3 Å². The van der Waals surface area contributed by atoms with E-state index in [1.807, 2.05) is 22.6 Å². The first-order valence-corrected chi connectivity index (χ1v) is 5.23. The van der Waals surface area contributed by atoms with Gasteiger partial charge in [-0.2, -0.15) is 0 Å². The van der Waals surface area contributed by atoms with Crippen LogP contribution < -0.4 is 5.73 Å². The maximum atomic E-state index is 10.5. The summed E-state index contributed by atoms with van der Waals surface area (Å²) in [5.41, 5.74) is 5.34. The van der Waals surface area contributed by atoms with Crippen molar-refractivity contribution in [3.8, 4) is 0 Å². The second-order valence-electron chi connectivity index (χ2n) is 2.66. The highest BCUT2D eigenvalue weighted by atomic mass is 127. The summed E-state index contributed by atoms with van der Waals surface area (Å²) in [5, 5.41) is 0. The lowest BCUT2D eigenvalue weighted by atomic mass is 10.1. The lowest BCUT2D eigenvalue weighted by Crippen LogP contribution is -1.97. The highest BCUT2D eigenvalue weighted by Gasteiger charge is 1.94. The van der Waals surface area contributed by atoms with Crippen molar-refractivity contribution < 1.29 is 4.79 Å². The molecule has 0 aromatic heterocycles. The topological polar surface area (TPSA) is 43.1 Å². The van der Waals surface area contributed by atoms with Crippen molar-refractivity contribution in [3.63, 3.8) is 0 Å². The van der Waals surface area contributed by atoms with Crippen LogP contribution in [0.4, 0.5) is 0 Å². The van der Waals surface area contributed by atoms with E-state index in [4.69, 9.17) is 5.73 Å². The second kappa shape index (κ2) is 8.46. The Balaban J connectivity index is 2.85. The SMILES string of the molecule is NCCCCCCCC(=O)I. The molecule has 0 radical (unpaired) electrons. The fraction of sp³-hybridized carbons (Fsp3) is 0.875. The van der Waals surface area contributed by atoms with Crippen LogP contribution in [0.2, 0.25) is 0 Å². The van der Waals surface area contributed by atoms with E-state index in [1.165, 1.54) is 19.3 Å². The number of carbonyl (C=O) groups excluding carboxylic acids is 1. The van der Waals surface area contributed by atoms with E-state index >= 15 is 0 Å². The van der Waals surface area contributed by atoms with Gasteiger partial charge in [0, 0.05) is 6.42 Å². The third-order valence-electron chi connectivity index (χ3n) is 1.58. The molecule has 0 aromatic carbocycles. The van der Waals surface area contributed by atoms with E-state index in [0.29, 0.717) is 0 Å². The minimum absolute atomic E-state index is 0.279. The van der Waals surface area contributed by atoms with Gasteiger partial charge >= 0.3 is 0 Å². The number of hydrogen-bond acceptors (Lipinski definition) is 2. The number of rotatable bonds is 7. The van der Waals surface area contributed by atoms with Gasteiger partial charge in [0.15, 0.2) is 3.79 Å². The first-order valence-electron chi connectivity index (χ1n) is 4.15. The van der Waals surface area contributed by atoms with E-state index in [9.17, 15) is 4.79 Å². The third-order valence-corrected chi connectivity index (χ3v) is 2.12. The van der Waals surface area contributed by atoms with Gasteiger partial charge in [0.1, 0.15) is 0 Å². The monoisotopic (exact) mass is 269 g/mol. The van der Waals surface area contributed by atoms with Crippen LogP contribution in [0.1, 0.15) is 38.5 Å². The Hall–Kier alpha value is 0.360. The van der Waals surface area contributed by atoms with Crippen molar-refractivity contribution in [1.29, 1.82) is 0 Å². The second-order valence-corrected chi connectivity index (χ2v) is 3.86. The van der Waals surface area contributed by atoms with E-state index < -0.39 is 0 Å². The molecule has 0 aliphatic carbocycles. The Morgan fingerprint density at radius 2 is 1.64 bits per heavy atom. The van der Waals surface area contributed by atoms with Crippen LogP contribution in [0.25, 0.3) is 0 Å². The van der Waals surface area contributed by atoms with Gasteiger partial charge in [-0.15, -0.1) is 0 Å². The average Bonchev–Trinajstić information content (AvgIpc) is 1.96.